The van der Waals surface area contributed by atoms with Crippen molar-refractivity contribution >= 4 is 7.32 Å². The second kappa shape index (κ2) is 11.6. The van der Waals surface area contributed by atoms with Gasteiger partial charge in [0.05, 0.1) is 33.3 Å². The lowest BCUT2D eigenvalue weighted by Gasteiger charge is -2.39. The monoisotopic (exact) mass is 511 g/mol. The molecule has 0 saturated heterocycles. The third-order valence-corrected chi connectivity index (χ3v) is 6.80. The van der Waals surface area contributed by atoms with Gasteiger partial charge in [0, 0.05) is 23.9 Å². The summed E-state index contributed by atoms with van der Waals surface area (Å²) in [6.07, 6.45) is 4.16. The van der Waals surface area contributed by atoms with Crippen LogP contribution in [0.4, 0.5) is 13.2 Å². The molecule has 196 valence electrons. The lowest BCUT2D eigenvalue weighted by Crippen LogP contribution is -2.51. The van der Waals surface area contributed by atoms with E-state index < -0.39 is 19.0 Å². The standard InChI is InChI=1S/C23H29BF2NO3.C6H4F/c1-27(2,3)16-18-12-17-10-11-23(18,15-17)30-24(28-21-8-4-6-19(25)13-21)29-22-9-5-7-20(26)14-22;7-6-4-2-1-3-5-6/h4-9,13-14,17-18H,10-12,15-16H2,1-3H3;1-2,4-5H/q+1;-1. The Balaban J connectivity index is 0.000000396. The van der Waals surface area contributed by atoms with Crippen molar-refractivity contribution in [2.24, 2.45) is 11.8 Å². The van der Waals surface area contributed by atoms with E-state index in [0.717, 1.165) is 36.7 Å². The van der Waals surface area contributed by atoms with Crippen LogP contribution in [0, 0.1) is 35.4 Å². The van der Waals surface area contributed by atoms with Crippen molar-refractivity contribution in [2.75, 3.05) is 27.7 Å². The zero-order valence-corrected chi connectivity index (χ0v) is 21.5. The highest BCUT2D eigenvalue weighted by molar-refractivity contribution is 6.38. The summed E-state index contributed by atoms with van der Waals surface area (Å²) >= 11 is 0. The molecule has 0 aliphatic heterocycles. The molecule has 5 rings (SSSR count). The molecule has 4 nitrogen and oxygen atoms in total. The Morgan fingerprint density at radius 1 is 0.919 bits per heavy atom. The van der Waals surface area contributed by atoms with E-state index >= 15 is 0 Å². The molecule has 0 spiro atoms. The van der Waals surface area contributed by atoms with Crippen LogP contribution in [0.2, 0.25) is 0 Å². The normalized spacial score (nSPS) is 22.2. The van der Waals surface area contributed by atoms with Crippen LogP contribution in [-0.2, 0) is 4.65 Å². The molecule has 2 saturated carbocycles. The molecule has 0 radical (unpaired) electrons. The number of rotatable bonds is 8. The average molecular weight is 511 g/mol. The van der Waals surface area contributed by atoms with Gasteiger partial charge in [-0.1, -0.05) is 12.1 Å². The highest BCUT2D eigenvalue weighted by Gasteiger charge is 2.57. The van der Waals surface area contributed by atoms with Gasteiger partial charge in [-0.25, -0.2) is 8.78 Å². The molecule has 3 unspecified atom stereocenters. The zero-order valence-electron chi connectivity index (χ0n) is 21.5. The maximum Gasteiger partial charge on any atom is 0.788 e. The summed E-state index contributed by atoms with van der Waals surface area (Å²) in [5, 5.41) is 0. The van der Waals surface area contributed by atoms with Crippen molar-refractivity contribution in [2.45, 2.75) is 31.3 Å². The largest absolute Gasteiger partial charge is 0.788 e. The SMILES string of the molecule is C[N+](C)(C)CC1CC2CCC1(OB(Oc1cccc(F)c1)Oc1cccc(F)c1)C2.Fc1c[c-]ccc1. The molecule has 3 aromatic carbocycles. The van der Waals surface area contributed by atoms with Gasteiger partial charge in [0.25, 0.3) is 0 Å². The molecule has 0 aromatic heterocycles. The van der Waals surface area contributed by atoms with E-state index in [0.29, 0.717) is 23.3 Å². The Morgan fingerprint density at radius 2 is 1.54 bits per heavy atom. The van der Waals surface area contributed by atoms with Gasteiger partial charge in [-0.2, -0.15) is 18.2 Å². The molecule has 0 amide bonds. The van der Waals surface area contributed by atoms with Crippen molar-refractivity contribution in [3.63, 3.8) is 0 Å². The smallest absolute Gasteiger partial charge is 0.501 e. The zero-order chi connectivity index (χ0) is 26.5. The van der Waals surface area contributed by atoms with Gasteiger partial charge < -0.3 is 18.4 Å². The van der Waals surface area contributed by atoms with Gasteiger partial charge in [-0.3, -0.25) is 4.39 Å². The first kappa shape index (κ1) is 27.1. The molecule has 0 heterocycles. The number of quaternary nitrogens is 1. The van der Waals surface area contributed by atoms with Crippen molar-refractivity contribution in [3.8, 4) is 11.5 Å². The predicted molar refractivity (Wildman–Crippen MR) is 137 cm³/mol. The molecule has 3 aromatic rings. The van der Waals surface area contributed by atoms with Gasteiger partial charge >= 0.3 is 7.32 Å². The molecule has 2 bridgehead atoms. The number of nitrogens with zero attached hydrogens (tertiary/aromatic N) is 1. The third-order valence-electron chi connectivity index (χ3n) is 6.80. The van der Waals surface area contributed by atoms with Crippen LogP contribution >= 0.6 is 0 Å². The van der Waals surface area contributed by atoms with Crippen molar-refractivity contribution in [1.29, 1.82) is 0 Å². The molecular formula is C29H33BF3NO3. The molecule has 2 fully saturated rings. The van der Waals surface area contributed by atoms with E-state index in [-0.39, 0.29) is 11.4 Å². The van der Waals surface area contributed by atoms with E-state index in [1.807, 2.05) is 0 Å². The summed E-state index contributed by atoms with van der Waals surface area (Å²) in [6.45, 7) is 0.989. The number of hydrogen-bond acceptors (Lipinski definition) is 3. The van der Waals surface area contributed by atoms with Gasteiger partial charge in [0.2, 0.25) is 0 Å². The maximum absolute atomic E-state index is 13.7. The molecule has 37 heavy (non-hydrogen) atoms. The van der Waals surface area contributed by atoms with Gasteiger partial charge in [0.1, 0.15) is 23.1 Å². The Labute approximate surface area is 217 Å². The topological polar surface area (TPSA) is 27.7 Å². The average Bonchev–Trinajstić information content (AvgIpc) is 3.36. The minimum absolute atomic E-state index is 0.234. The number of halogens is 3. The van der Waals surface area contributed by atoms with Crippen LogP contribution in [0.1, 0.15) is 25.7 Å². The Bertz CT molecular complexity index is 1110. The maximum atomic E-state index is 13.7. The Morgan fingerprint density at radius 3 is 2.00 bits per heavy atom. The van der Waals surface area contributed by atoms with Gasteiger partial charge in [-0.05, 0) is 55.9 Å². The van der Waals surface area contributed by atoms with Crippen LogP contribution in [0.3, 0.4) is 0 Å². The summed E-state index contributed by atoms with van der Waals surface area (Å²) in [4.78, 5) is 0. The van der Waals surface area contributed by atoms with Crippen LogP contribution in [0.15, 0.2) is 72.8 Å². The van der Waals surface area contributed by atoms with E-state index in [2.05, 4.69) is 27.2 Å². The van der Waals surface area contributed by atoms with Gasteiger partial charge in [-0.15, -0.1) is 12.1 Å². The number of fused-ring (bicyclic) bond motifs is 2. The van der Waals surface area contributed by atoms with E-state index in [4.69, 9.17) is 14.0 Å². The highest BCUT2D eigenvalue weighted by Crippen LogP contribution is 2.54. The van der Waals surface area contributed by atoms with Gasteiger partial charge in [0.15, 0.2) is 0 Å². The quantitative estimate of drug-likeness (QED) is 0.202. The minimum atomic E-state index is -1.10. The fourth-order valence-electron chi connectivity index (χ4n) is 5.37. The number of benzene rings is 3. The second-order valence-corrected chi connectivity index (χ2v) is 10.9. The van der Waals surface area contributed by atoms with Crippen LogP contribution in [0.5, 0.6) is 11.5 Å². The van der Waals surface area contributed by atoms with Crippen molar-refractivity contribution in [3.05, 3.63) is 96.3 Å². The molecular weight excluding hydrogens is 478 g/mol. The Hall–Kier alpha value is -2.97. The number of hydrogen-bond donors (Lipinski definition) is 0. The lowest BCUT2D eigenvalue weighted by molar-refractivity contribution is -0.874. The molecule has 3 atom stereocenters. The van der Waals surface area contributed by atoms with Crippen LogP contribution in [0.25, 0.3) is 0 Å². The van der Waals surface area contributed by atoms with Crippen molar-refractivity contribution in [1.82, 2.24) is 0 Å². The molecule has 8 heteroatoms. The summed E-state index contributed by atoms with van der Waals surface area (Å²) in [5.41, 5.74) is -0.346. The first-order valence-electron chi connectivity index (χ1n) is 12.5. The van der Waals surface area contributed by atoms with E-state index in [1.165, 1.54) is 36.4 Å². The first-order chi connectivity index (χ1) is 17.6. The Kier molecular flexibility index (Phi) is 8.50. The minimum Gasteiger partial charge on any atom is -0.501 e. The highest BCUT2D eigenvalue weighted by atomic mass is 19.1. The van der Waals surface area contributed by atoms with Crippen LogP contribution in [-0.4, -0.2) is 45.1 Å². The lowest BCUT2D eigenvalue weighted by atomic mass is 9.83. The molecule has 0 N–H and O–H groups in total. The third kappa shape index (κ3) is 7.76. The fraction of sp³-hybridized carbons (Fsp3) is 0.379. The predicted octanol–water partition coefficient (Wildman–Crippen LogP) is 6.31. The van der Waals surface area contributed by atoms with E-state index in [9.17, 15) is 13.2 Å². The summed E-state index contributed by atoms with van der Waals surface area (Å²) in [7, 11) is 5.46. The summed E-state index contributed by atoms with van der Waals surface area (Å²) in [6, 6.07) is 20.3. The summed E-state index contributed by atoms with van der Waals surface area (Å²) < 4.78 is 58.5. The molecule has 2 aliphatic rings. The molecule has 2 aliphatic carbocycles. The van der Waals surface area contributed by atoms with Crippen LogP contribution < -0.4 is 9.31 Å². The fourth-order valence-corrected chi connectivity index (χ4v) is 5.37. The van der Waals surface area contributed by atoms with Crippen molar-refractivity contribution < 1.29 is 31.6 Å². The second-order valence-electron chi connectivity index (χ2n) is 10.9. The first-order valence-corrected chi connectivity index (χ1v) is 12.5. The van der Waals surface area contributed by atoms with E-state index in [1.54, 1.807) is 36.4 Å². The summed E-state index contributed by atoms with van der Waals surface area (Å²) in [5.74, 6) is 0.603.